The van der Waals surface area contributed by atoms with Gasteiger partial charge in [-0.25, -0.2) is 13.1 Å². The Bertz CT molecular complexity index is 1090. The van der Waals surface area contributed by atoms with E-state index in [1.807, 2.05) is 35.7 Å². The molecule has 1 aliphatic carbocycles. The zero-order chi connectivity index (χ0) is 19.6. The van der Waals surface area contributed by atoms with Crippen LogP contribution in [0.5, 0.6) is 0 Å². The van der Waals surface area contributed by atoms with Crippen molar-refractivity contribution in [1.82, 2.24) is 10.0 Å². The second kappa shape index (κ2) is 7.87. The number of fused-ring (bicyclic) bond motifs is 1. The number of hydrogen-bond acceptors (Lipinski definition) is 4. The van der Waals surface area contributed by atoms with E-state index >= 15 is 0 Å². The molecular formula is C21H20N2O3S2. The van der Waals surface area contributed by atoms with E-state index in [1.54, 1.807) is 12.1 Å². The number of amides is 1. The first-order valence-electron chi connectivity index (χ1n) is 9.04. The maximum atomic E-state index is 12.7. The van der Waals surface area contributed by atoms with Crippen LogP contribution < -0.4 is 10.0 Å². The van der Waals surface area contributed by atoms with Crippen molar-refractivity contribution >= 4 is 27.3 Å². The molecule has 1 atom stereocenters. The topological polar surface area (TPSA) is 75.3 Å². The average Bonchev–Trinajstić information content (AvgIpc) is 3.37. The summed E-state index contributed by atoms with van der Waals surface area (Å²) in [7, 11) is -3.69. The monoisotopic (exact) mass is 412 g/mol. The Labute approximate surface area is 168 Å². The summed E-state index contributed by atoms with van der Waals surface area (Å²) < 4.78 is 27.7. The van der Waals surface area contributed by atoms with Crippen molar-refractivity contribution in [2.24, 2.45) is 0 Å². The molecular weight excluding hydrogens is 392 g/mol. The second-order valence-corrected chi connectivity index (χ2v) is 9.49. The summed E-state index contributed by atoms with van der Waals surface area (Å²) in [6.45, 7) is 0.231. The van der Waals surface area contributed by atoms with E-state index in [0.29, 0.717) is 5.56 Å². The molecule has 1 aliphatic rings. The third kappa shape index (κ3) is 4.01. The van der Waals surface area contributed by atoms with Gasteiger partial charge in [0.15, 0.2) is 0 Å². The lowest BCUT2D eigenvalue weighted by Gasteiger charge is -2.14. The smallest absolute Gasteiger partial charge is 0.251 e. The average molecular weight is 413 g/mol. The SMILES string of the molecule is O=C(NC1CCc2ccccc21)c1cccc(S(=O)(=O)NCc2cccs2)c1. The van der Waals surface area contributed by atoms with Crippen LogP contribution in [-0.2, 0) is 23.0 Å². The van der Waals surface area contributed by atoms with Crippen molar-refractivity contribution in [3.63, 3.8) is 0 Å². The number of aryl methyl sites for hydroxylation is 1. The van der Waals surface area contributed by atoms with Crippen LogP contribution in [0.3, 0.4) is 0 Å². The maximum Gasteiger partial charge on any atom is 0.251 e. The molecule has 5 nitrogen and oxygen atoms in total. The van der Waals surface area contributed by atoms with Gasteiger partial charge in [-0.05, 0) is 53.6 Å². The van der Waals surface area contributed by atoms with Gasteiger partial charge in [0.1, 0.15) is 0 Å². The van der Waals surface area contributed by atoms with Crippen LogP contribution in [0, 0.1) is 0 Å². The molecule has 2 N–H and O–H groups in total. The molecule has 2 aromatic carbocycles. The summed E-state index contributed by atoms with van der Waals surface area (Å²) in [6.07, 6.45) is 1.79. The summed E-state index contributed by atoms with van der Waals surface area (Å²) in [4.78, 5) is 13.7. The lowest BCUT2D eigenvalue weighted by molar-refractivity contribution is 0.0936. The van der Waals surface area contributed by atoms with E-state index in [1.165, 1.54) is 29.0 Å². The lowest BCUT2D eigenvalue weighted by Crippen LogP contribution is -2.28. The van der Waals surface area contributed by atoms with E-state index < -0.39 is 10.0 Å². The van der Waals surface area contributed by atoms with Gasteiger partial charge in [0, 0.05) is 17.0 Å². The highest BCUT2D eigenvalue weighted by atomic mass is 32.2. The van der Waals surface area contributed by atoms with E-state index in [0.717, 1.165) is 23.3 Å². The van der Waals surface area contributed by atoms with Crippen LogP contribution in [-0.4, -0.2) is 14.3 Å². The normalized spacial score (nSPS) is 15.9. The lowest BCUT2D eigenvalue weighted by atomic mass is 10.1. The van der Waals surface area contributed by atoms with Gasteiger partial charge in [-0.15, -0.1) is 11.3 Å². The van der Waals surface area contributed by atoms with Gasteiger partial charge < -0.3 is 5.32 Å². The third-order valence-electron chi connectivity index (χ3n) is 4.86. The molecule has 0 spiro atoms. The van der Waals surface area contributed by atoms with Gasteiger partial charge in [-0.2, -0.15) is 0 Å². The Kier molecular flexibility index (Phi) is 5.30. The minimum Gasteiger partial charge on any atom is -0.345 e. The molecule has 1 aromatic heterocycles. The van der Waals surface area contributed by atoms with Gasteiger partial charge in [0.2, 0.25) is 10.0 Å². The van der Waals surface area contributed by atoms with Crippen molar-refractivity contribution in [2.45, 2.75) is 30.3 Å². The number of carbonyl (C=O) groups is 1. The van der Waals surface area contributed by atoms with Crippen molar-refractivity contribution in [1.29, 1.82) is 0 Å². The van der Waals surface area contributed by atoms with E-state index in [4.69, 9.17) is 0 Å². The Morgan fingerprint density at radius 2 is 1.93 bits per heavy atom. The molecule has 4 rings (SSSR count). The Morgan fingerprint density at radius 3 is 2.75 bits per heavy atom. The maximum absolute atomic E-state index is 12.7. The standard InChI is InChI=1S/C21H20N2O3S2/c24-21(23-20-11-10-15-5-1-2-9-19(15)20)16-6-3-8-18(13-16)28(25,26)22-14-17-7-4-12-27-17/h1-9,12-13,20,22H,10-11,14H2,(H,23,24). The molecule has 1 heterocycles. The van der Waals surface area contributed by atoms with Gasteiger partial charge in [0.25, 0.3) is 5.91 Å². The molecule has 0 bridgehead atoms. The number of carbonyl (C=O) groups excluding carboxylic acids is 1. The molecule has 28 heavy (non-hydrogen) atoms. The Balaban J connectivity index is 1.48. The zero-order valence-corrected chi connectivity index (χ0v) is 16.7. The van der Waals surface area contributed by atoms with Crippen LogP contribution in [0.2, 0.25) is 0 Å². The fraction of sp³-hybridized carbons (Fsp3) is 0.190. The Hall–Kier alpha value is -2.48. The minimum atomic E-state index is -3.69. The molecule has 0 fully saturated rings. The predicted molar refractivity (Wildman–Crippen MR) is 110 cm³/mol. The fourth-order valence-electron chi connectivity index (χ4n) is 3.42. The number of benzene rings is 2. The van der Waals surface area contributed by atoms with Crippen molar-refractivity contribution < 1.29 is 13.2 Å². The first-order valence-corrected chi connectivity index (χ1v) is 11.4. The highest BCUT2D eigenvalue weighted by Crippen LogP contribution is 2.31. The molecule has 0 radical (unpaired) electrons. The molecule has 3 aromatic rings. The van der Waals surface area contributed by atoms with Gasteiger partial charge >= 0.3 is 0 Å². The molecule has 0 saturated heterocycles. The van der Waals surface area contributed by atoms with Crippen molar-refractivity contribution in [3.05, 3.63) is 87.6 Å². The number of sulfonamides is 1. The highest BCUT2D eigenvalue weighted by molar-refractivity contribution is 7.89. The predicted octanol–water partition coefficient (Wildman–Crippen LogP) is 3.64. The molecule has 1 unspecified atom stereocenters. The van der Waals surface area contributed by atoms with Gasteiger partial charge in [-0.3, -0.25) is 4.79 Å². The number of rotatable bonds is 6. The number of nitrogens with one attached hydrogen (secondary N) is 2. The molecule has 0 aliphatic heterocycles. The number of hydrogen-bond donors (Lipinski definition) is 2. The summed E-state index contributed by atoms with van der Waals surface area (Å²) >= 11 is 1.49. The molecule has 144 valence electrons. The van der Waals surface area contributed by atoms with E-state index in [-0.39, 0.29) is 23.4 Å². The first-order chi connectivity index (χ1) is 13.5. The number of thiophene rings is 1. The first kappa shape index (κ1) is 18.9. The van der Waals surface area contributed by atoms with Crippen LogP contribution >= 0.6 is 11.3 Å². The summed E-state index contributed by atoms with van der Waals surface area (Å²) in [5, 5.41) is 4.93. The van der Waals surface area contributed by atoms with Gasteiger partial charge in [-0.1, -0.05) is 36.4 Å². The second-order valence-electron chi connectivity index (χ2n) is 6.70. The summed E-state index contributed by atoms with van der Waals surface area (Å²) in [6, 6.07) is 17.9. The quantitative estimate of drug-likeness (QED) is 0.649. The molecule has 0 saturated carbocycles. The Morgan fingerprint density at radius 1 is 1.07 bits per heavy atom. The zero-order valence-electron chi connectivity index (χ0n) is 15.1. The van der Waals surface area contributed by atoms with E-state index in [2.05, 4.69) is 16.1 Å². The third-order valence-corrected chi connectivity index (χ3v) is 7.14. The van der Waals surface area contributed by atoms with Crippen LogP contribution in [0.4, 0.5) is 0 Å². The highest BCUT2D eigenvalue weighted by Gasteiger charge is 2.24. The minimum absolute atomic E-state index is 0.0408. The van der Waals surface area contributed by atoms with Crippen LogP contribution in [0.15, 0.2) is 70.9 Å². The summed E-state index contributed by atoms with van der Waals surface area (Å²) in [5.41, 5.74) is 2.72. The molecule has 7 heteroatoms. The van der Waals surface area contributed by atoms with Crippen molar-refractivity contribution in [3.8, 4) is 0 Å². The van der Waals surface area contributed by atoms with Crippen LogP contribution in [0.1, 0.15) is 38.8 Å². The fourth-order valence-corrected chi connectivity index (χ4v) is 5.20. The van der Waals surface area contributed by atoms with Crippen LogP contribution in [0.25, 0.3) is 0 Å². The summed E-state index contributed by atoms with van der Waals surface area (Å²) in [5.74, 6) is -0.267. The van der Waals surface area contributed by atoms with E-state index in [9.17, 15) is 13.2 Å². The largest absolute Gasteiger partial charge is 0.345 e. The van der Waals surface area contributed by atoms with Crippen molar-refractivity contribution in [2.75, 3.05) is 0 Å². The van der Waals surface area contributed by atoms with Gasteiger partial charge in [0.05, 0.1) is 10.9 Å². The molecule has 1 amide bonds.